The van der Waals surface area contributed by atoms with Crippen LogP contribution in [-0.4, -0.2) is 25.4 Å². The molecule has 0 saturated heterocycles. The Morgan fingerprint density at radius 3 is 2.92 bits per heavy atom. The average molecular weight is 236 g/mol. The van der Waals surface area contributed by atoms with E-state index in [9.17, 15) is 0 Å². The highest BCUT2D eigenvalue weighted by molar-refractivity contribution is 9.09. The molecule has 0 aliphatic rings. The topological polar surface area (TPSA) is 70.3 Å². The number of anilines is 1. The van der Waals surface area contributed by atoms with Gasteiger partial charge in [0, 0.05) is 11.4 Å². The summed E-state index contributed by atoms with van der Waals surface area (Å²) in [4.78, 5) is 0. The van der Waals surface area contributed by atoms with Gasteiger partial charge in [-0.3, -0.25) is 15.4 Å². The van der Waals surface area contributed by atoms with E-state index in [4.69, 9.17) is 10.3 Å². The fourth-order valence-corrected chi connectivity index (χ4v) is 1.25. The number of alkyl halides is 1. The van der Waals surface area contributed by atoms with Gasteiger partial charge >= 0.3 is 0 Å². The quantitative estimate of drug-likeness (QED) is 0.528. The molecule has 1 aromatic heterocycles. The van der Waals surface area contributed by atoms with Crippen molar-refractivity contribution in [2.24, 2.45) is 0 Å². The van der Waals surface area contributed by atoms with Crippen molar-refractivity contribution in [2.45, 2.75) is 13.2 Å². The third kappa shape index (κ3) is 1.96. The van der Waals surface area contributed by atoms with Crippen LogP contribution < -0.4 is 5.48 Å². The maximum absolute atomic E-state index is 8.87. The van der Waals surface area contributed by atoms with E-state index >= 15 is 0 Å². The highest BCUT2D eigenvalue weighted by Gasteiger charge is 2.04. The van der Waals surface area contributed by atoms with E-state index in [2.05, 4.69) is 21.0 Å². The standard InChI is InChI=1S/C6H10BrN3O2/c7-1-2-10-5(4-11)3-6(8-10)9-12/h3,11-12H,1-2,4H2,(H,8,9). The summed E-state index contributed by atoms with van der Waals surface area (Å²) in [6.45, 7) is 0.583. The normalized spacial score (nSPS) is 10.2. The van der Waals surface area contributed by atoms with Crippen LogP contribution >= 0.6 is 15.9 Å². The zero-order valence-corrected chi connectivity index (χ0v) is 7.95. The van der Waals surface area contributed by atoms with Gasteiger partial charge in [-0.05, 0) is 0 Å². The molecule has 0 amide bonds. The molecule has 0 aliphatic heterocycles. The molecule has 0 bridgehead atoms. The molecule has 3 N–H and O–H groups in total. The van der Waals surface area contributed by atoms with Gasteiger partial charge < -0.3 is 5.11 Å². The number of nitrogens with zero attached hydrogens (tertiary/aromatic N) is 2. The van der Waals surface area contributed by atoms with Gasteiger partial charge in [0.25, 0.3) is 0 Å². The second-order valence-corrected chi connectivity index (χ2v) is 3.00. The molecule has 0 aliphatic carbocycles. The molecule has 0 aromatic carbocycles. The van der Waals surface area contributed by atoms with Crippen molar-refractivity contribution in [2.75, 3.05) is 10.8 Å². The first-order chi connectivity index (χ1) is 5.81. The van der Waals surface area contributed by atoms with Crippen molar-refractivity contribution in [3.63, 3.8) is 0 Å². The van der Waals surface area contributed by atoms with Gasteiger partial charge in [-0.2, -0.15) is 5.10 Å². The van der Waals surface area contributed by atoms with Gasteiger partial charge in [0.2, 0.25) is 0 Å². The molecular formula is C6H10BrN3O2. The van der Waals surface area contributed by atoms with Gasteiger partial charge in [-0.1, -0.05) is 15.9 Å². The Bertz CT molecular complexity index is 251. The maximum Gasteiger partial charge on any atom is 0.171 e. The molecular weight excluding hydrogens is 226 g/mol. The molecule has 1 heterocycles. The van der Waals surface area contributed by atoms with Crippen LogP contribution in [0.25, 0.3) is 0 Å². The number of hydrogen-bond acceptors (Lipinski definition) is 4. The van der Waals surface area contributed by atoms with Crippen molar-refractivity contribution in [1.29, 1.82) is 0 Å². The number of halogens is 1. The lowest BCUT2D eigenvalue weighted by Gasteiger charge is -2.00. The smallest absolute Gasteiger partial charge is 0.171 e. The Morgan fingerprint density at radius 2 is 2.42 bits per heavy atom. The lowest BCUT2D eigenvalue weighted by Crippen LogP contribution is -2.05. The van der Waals surface area contributed by atoms with Crippen LogP contribution in [0.1, 0.15) is 5.69 Å². The number of aromatic nitrogens is 2. The van der Waals surface area contributed by atoms with E-state index in [-0.39, 0.29) is 6.61 Å². The average Bonchev–Trinajstić information content (AvgIpc) is 2.48. The summed E-state index contributed by atoms with van der Waals surface area (Å²) in [5.41, 5.74) is 2.59. The number of rotatable bonds is 4. The minimum Gasteiger partial charge on any atom is -0.390 e. The van der Waals surface area contributed by atoms with Gasteiger partial charge in [0.1, 0.15) is 0 Å². The Hall–Kier alpha value is -0.590. The lowest BCUT2D eigenvalue weighted by atomic mass is 10.4. The Morgan fingerprint density at radius 1 is 1.67 bits per heavy atom. The third-order valence-corrected chi connectivity index (χ3v) is 1.79. The molecule has 0 fully saturated rings. The highest BCUT2D eigenvalue weighted by Crippen LogP contribution is 2.08. The summed E-state index contributed by atoms with van der Waals surface area (Å²) in [6.07, 6.45) is 0. The molecule has 0 radical (unpaired) electrons. The summed E-state index contributed by atoms with van der Waals surface area (Å²) in [6, 6.07) is 1.59. The molecule has 68 valence electrons. The molecule has 0 atom stereocenters. The zero-order chi connectivity index (χ0) is 8.97. The minimum absolute atomic E-state index is 0.0817. The number of nitrogens with one attached hydrogen (secondary N) is 1. The van der Waals surface area contributed by atoms with Crippen molar-refractivity contribution >= 4 is 21.7 Å². The maximum atomic E-state index is 8.87. The van der Waals surface area contributed by atoms with Crippen LogP contribution in [0.4, 0.5) is 5.82 Å². The van der Waals surface area contributed by atoms with Gasteiger partial charge in [-0.25, -0.2) is 0 Å². The van der Waals surface area contributed by atoms with Gasteiger partial charge in [0.05, 0.1) is 18.8 Å². The van der Waals surface area contributed by atoms with E-state index in [0.717, 1.165) is 5.33 Å². The monoisotopic (exact) mass is 235 g/mol. The predicted octanol–water partition coefficient (Wildman–Crippen LogP) is 0.571. The van der Waals surface area contributed by atoms with Crippen molar-refractivity contribution in [3.05, 3.63) is 11.8 Å². The van der Waals surface area contributed by atoms with Gasteiger partial charge in [0.15, 0.2) is 5.82 Å². The third-order valence-electron chi connectivity index (χ3n) is 1.44. The number of hydrogen-bond donors (Lipinski definition) is 3. The Labute approximate surface area is 78.1 Å². The number of aliphatic hydroxyl groups is 1. The van der Waals surface area contributed by atoms with Crippen LogP contribution in [0.2, 0.25) is 0 Å². The predicted molar refractivity (Wildman–Crippen MR) is 47.4 cm³/mol. The number of aryl methyl sites for hydroxylation is 1. The van der Waals surface area contributed by atoms with E-state index in [1.807, 2.05) is 5.48 Å². The second kappa shape index (κ2) is 4.44. The largest absolute Gasteiger partial charge is 0.390 e. The van der Waals surface area contributed by atoms with E-state index in [1.54, 1.807) is 10.7 Å². The first-order valence-electron chi connectivity index (χ1n) is 3.45. The zero-order valence-electron chi connectivity index (χ0n) is 6.37. The van der Waals surface area contributed by atoms with Crippen molar-refractivity contribution in [1.82, 2.24) is 9.78 Å². The molecule has 12 heavy (non-hydrogen) atoms. The molecule has 1 aromatic rings. The Kier molecular flexibility index (Phi) is 3.51. The SMILES string of the molecule is OCc1cc(NO)nn1CCBr. The minimum atomic E-state index is -0.0817. The first kappa shape index (κ1) is 9.50. The van der Waals surface area contributed by atoms with Gasteiger partial charge in [-0.15, -0.1) is 0 Å². The summed E-state index contributed by atoms with van der Waals surface area (Å²) in [5.74, 6) is 0.347. The fraction of sp³-hybridized carbons (Fsp3) is 0.500. The molecule has 0 saturated carbocycles. The summed E-state index contributed by atoms with van der Waals surface area (Å²) in [5, 5.41) is 22.1. The van der Waals surface area contributed by atoms with Crippen LogP contribution in [0.3, 0.4) is 0 Å². The van der Waals surface area contributed by atoms with E-state index < -0.39 is 0 Å². The molecule has 0 spiro atoms. The van der Waals surface area contributed by atoms with E-state index in [1.165, 1.54) is 0 Å². The molecule has 5 nitrogen and oxygen atoms in total. The molecule has 0 unspecified atom stereocenters. The molecule has 6 heteroatoms. The van der Waals surface area contributed by atoms with Crippen molar-refractivity contribution < 1.29 is 10.3 Å². The molecule has 1 rings (SSSR count). The van der Waals surface area contributed by atoms with Crippen molar-refractivity contribution in [3.8, 4) is 0 Å². The summed E-state index contributed by atoms with van der Waals surface area (Å²) >= 11 is 3.26. The lowest BCUT2D eigenvalue weighted by molar-refractivity contribution is 0.268. The Balaban J connectivity index is 2.84. The first-order valence-corrected chi connectivity index (χ1v) is 4.57. The number of aliphatic hydroxyl groups excluding tert-OH is 1. The summed E-state index contributed by atoms with van der Waals surface area (Å²) < 4.78 is 1.62. The van der Waals surface area contributed by atoms with Crippen LogP contribution in [0, 0.1) is 0 Å². The summed E-state index contributed by atoms with van der Waals surface area (Å²) in [7, 11) is 0. The second-order valence-electron chi connectivity index (χ2n) is 2.20. The van der Waals surface area contributed by atoms with E-state index in [0.29, 0.717) is 18.1 Å². The van der Waals surface area contributed by atoms with Crippen LogP contribution in [0.5, 0.6) is 0 Å². The van der Waals surface area contributed by atoms with Crippen LogP contribution in [-0.2, 0) is 13.2 Å². The highest BCUT2D eigenvalue weighted by atomic mass is 79.9. The van der Waals surface area contributed by atoms with Crippen LogP contribution in [0.15, 0.2) is 6.07 Å². The fourth-order valence-electron chi connectivity index (χ4n) is 0.911.